The van der Waals surface area contributed by atoms with E-state index in [0.717, 1.165) is 37.9 Å². The molecule has 1 unspecified atom stereocenters. The van der Waals surface area contributed by atoms with Gasteiger partial charge < -0.3 is 14.7 Å². The van der Waals surface area contributed by atoms with Gasteiger partial charge in [0, 0.05) is 37.7 Å². The lowest BCUT2D eigenvalue weighted by atomic mass is 9.91. The van der Waals surface area contributed by atoms with Crippen molar-refractivity contribution in [1.29, 1.82) is 0 Å². The van der Waals surface area contributed by atoms with Gasteiger partial charge in [0.1, 0.15) is 0 Å². The van der Waals surface area contributed by atoms with Crippen LogP contribution in [0.15, 0.2) is 10.6 Å². The minimum Gasteiger partial charge on any atom is -0.355 e. The molecule has 2 aromatic rings. The van der Waals surface area contributed by atoms with E-state index < -0.39 is 0 Å². The topological polar surface area (TPSA) is 88.3 Å². The molecule has 1 aliphatic carbocycles. The first-order valence-corrected chi connectivity index (χ1v) is 8.86. The van der Waals surface area contributed by atoms with Gasteiger partial charge in [0.15, 0.2) is 0 Å². The molecule has 1 saturated carbocycles. The zero-order valence-electron chi connectivity index (χ0n) is 14.5. The van der Waals surface area contributed by atoms with Crippen molar-refractivity contribution in [2.75, 3.05) is 20.1 Å². The Morgan fingerprint density at radius 2 is 2.12 bits per heavy atom. The highest BCUT2D eigenvalue weighted by Gasteiger charge is 2.37. The quantitative estimate of drug-likeness (QED) is 0.922. The Balaban J connectivity index is 1.71. The Kier molecular flexibility index (Phi) is 3.94. The SMILES string of the molecule is CNC(=O)c1cc(C)nc2onc(C3CCCN(C(=O)C4CC4)C3)c12. The summed E-state index contributed by atoms with van der Waals surface area (Å²) in [5.74, 6) is 0.379. The maximum absolute atomic E-state index is 12.4. The Hall–Kier alpha value is -2.44. The van der Waals surface area contributed by atoms with Crippen molar-refractivity contribution >= 4 is 22.9 Å². The Morgan fingerprint density at radius 3 is 2.84 bits per heavy atom. The van der Waals surface area contributed by atoms with Crippen LogP contribution in [-0.2, 0) is 4.79 Å². The predicted octanol–water partition coefficient (Wildman–Crippen LogP) is 2.01. The third kappa shape index (κ3) is 2.88. The smallest absolute Gasteiger partial charge is 0.259 e. The number of carbonyl (C=O) groups excluding carboxylic acids is 2. The van der Waals surface area contributed by atoms with Crippen LogP contribution in [0.4, 0.5) is 0 Å². The molecule has 2 aliphatic rings. The highest BCUT2D eigenvalue weighted by molar-refractivity contribution is 6.06. The van der Waals surface area contributed by atoms with Crippen LogP contribution in [0, 0.1) is 12.8 Å². The molecule has 1 aliphatic heterocycles. The molecule has 1 saturated heterocycles. The Bertz CT molecular complexity index is 840. The highest BCUT2D eigenvalue weighted by Crippen LogP contribution is 2.36. The van der Waals surface area contributed by atoms with Crippen LogP contribution >= 0.6 is 0 Å². The molecule has 7 nitrogen and oxygen atoms in total. The van der Waals surface area contributed by atoms with Crippen LogP contribution in [0.1, 0.15) is 53.3 Å². The second-order valence-electron chi connectivity index (χ2n) is 7.04. The number of fused-ring (bicyclic) bond motifs is 1. The molecule has 3 heterocycles. The van der Waals surface area contributed by atoms with Crippen LogP contribution in [0.3, 0.4) is 0 Å². The van der Waals surface area contributed by atoms with Crippen LogP contribution in [0.25, 0.3) is 11.1 Å². The summed E-state index contributed by atoms with van der Waals surface area (Å²) in [4.78, 5) is 31.0. The Morgan fingerprint density at radius 1 is 1.32 bits per heavy atom. The molecular weight excluding hydrogens is 320 g/mol. The van der Waals surface area contributed by atoms with E-state index in [-0.39, 0.29) is 23.7 Å². The molecule has 0 bridgehead atoms. The number of nitrogens with one attached hydrogen (secondary N) is 1. The zero-order valence-corrected chi connectivity index (χ0v) is 14.5. The lowest BCUT2D eigenvalue weighted by Crippen LogP contribution is -2.40. The first-order valence-electron chi connectivity index (χ1n) is 8.86. The van der Waals surface area contributed by atoms with E-state index in [1.54, 1.807) is 13.1 Å². The molecule has 0 aromatic carbocycles. The van der Waals surface area contributed by atoms with E-state index in [0.29, 0.717) is 28.9 Å². The highest BCUT2D eigenvalue weighted by atomic mass is 16.5. The standard InChI is InChI=1S/C18H22N4O3/c1-10-8-13(16(23)19-2)14-15(21-25-17(14)20-10)12-4-3-7-22(9-12)18(24)11-5-6-11/h8,11-12H,3-7,9H2,1-2H3,(H,19,23). The second kappa shape index (κ2) is 6.13. The first kappa shape index (κ1) is 16.1. The number of hydrogen-bond donors (Lipinski definition) is 1. The molecule has 2 aromatic heterocycles. The number of rotatable bonds is 3. The van der Waals surface area contributed by atoms with Crippen molar-refractivity contribution in [3.8, 4) is 0 Å². The average molecular weight is 342 g/mol. The molecule has 2 amide bonds. The molecule has 4 rings (SSSR count). The number of likely N-dealkylation sites (tertiary alicyclic amines) is 1. The van der Waals surface area contributed by atoms with E-state index in [9.17, 15) is 9.59 Å². The van der Waals surface area contributed by atoms with Gasteiger partial charge >= 0.3 is 0 Å². The van der Waals surface area contributed by atoms with Crippen molar-refractivity contribution < 1.29 is 14.1 Å². The average Bonchev–Trinajstić information content (AvgIpc) is 3.39. The molecule has 7 heteroatoms. The van der Waals surface area contributed by atoms with Gasteiger partial charge in [-0.2, -0.15) is 0 Å². The fourth-order valence-corrected chi connectivity index (χ4v) is 3.68. The summed E-state index contributed by atoms with van der Waals surface area (Å²) >= 11 is 0. The number of carbonyl (C=O) groups is 2. The van der Waals surface area contributed by atoms with Crippen LogP contribution in [-0.4, -0.2) is 47.0 Å². The van der Waals surface area contributed by atoms with Crippen LogP contribution < -0.4 is 5.32 Å². The van der Waals surface area contributed by atoms with Gasteiger partial charge in [-0.05, 0) is 38.7 Å². The third-order valence-corrected chi connectivity index (χ3v) is 5.12. The maximum Gasteiger partial charge on any atom is 0.259 e. The van der Waals surface area contributed by atoms with Crippen molar-refractivity contribution in [2.24, 2.45) is 5.92 Å². The largest absolute Gasteiger partial charge is 0.355 e. The summed E-state index contributed by atoms with van der Waals surface area (Å²) in [7, 11) is 1.60. The summed E-state index contributed by atoms with van der Waals surface area (Å²) in [6.45, 7) is 3.27. The zero-order chi connectivity index (χ0) is 17.6. The first-order chi connectivity index (χ1) is 12.1. The third-order valence-electron chi connectivity index (χ3n) is 5.12. The number of aromatic nitrogens is 2. The van der Waals surface area contributed by atoms with Gasteiger partial charge in [-0.3, -0.25) is 9.59 Å². The van der Waals surface area contributed by atoms with E-state index >= 15 is 0 Å². The van der Waals surface area contributed by atoms with E-state index in [2.05, 4.69) is 15.5 Å². The number of aryl methyl sites for hydroxylation is 1. The summed E-state index contributed by atoms with van der Waals surface area (Å²) in [5.41, 5.74) is 2.38. The van der Waals surface area contributed by atoms with Gasteiger partial charge in [0.25, 0.3) is 11.6 Å². The molecule has 25 heavy (non-hydrogen) atoms. The number of nitrogens with zero attached hydrogens (tertiary/aromatic N) is 3. The summed E-state index contributed by atoms with van der Waals surface area (Å²) < 4.78 is 5.43. The molecule has 1 atom stereocenters. The van der Waals surface area contributed by atoms with Gasteiger partial charge in [0.05, 0.1) is 16.6 Å². The molecular formula is C18H22N4O3. The van der Waals surface area contributed by atoms with E-state index in [4.69, 9.17) is 4.52 Å². The minimum atomic E-state index is -0.179. The van der Waals surface area contributed by atoms with Gasteiger partial charge in [-0.25, -0.2) is 4.98 Å². The summed E-state index contributed by atoms with van der Waals surface area (Å²) in [6.07, 6.45) is 3.89. The van der Waals surface area contributed by atoms with Crippen molar-refractivity contribution in [3.05, 3.63) is 23.0 Å². The van der Waals surface area contributed by atoms with Gasteiger partial charge in [-0.1, -0.05) is 5.16 Å². The van der Waals surface area contributed by atoms with Crippen LogP contribution in [0.5, 0.6) is 0 Å². The maximum atomic E-state index is 12.4. The second-order valence-corrected chi connectivity index (χ2v) is 7.04. The van der Waals surface area contributed by atoms with Crippen molar-refractivity contribution in [2.45, 2.75) is 38.5 Å². The van der Waals surface area contributed by atoms with E-state index in [1.165, 1.54) is 0 Å². The predicted molar refractivity (Wildman–Crippen MR) is 91.2 cm³/mol. The number of hydrogen-bond acceptors (Lipinski definition) is 5. The van der Waals surface area contributed by atoms with Gasteiger partial charge in [0.2, 0.25) is 5.91 Å². The lowest BCUT2D eigenvalue weighted by Gasteiger charge is -2.32. The summed E-state index contributed by atoms with van der Waals surface area (Å²) in [5, 5.41) is 7.58. The number of pyridine rings is 1. The molecule has 0 spiro atoms. The fourth-order valence-electron chi connectivity index (χ4n) is 3.68. The molecule has 0 radical (unpaired) electrons. The number of piperidine rings is 1. The molecule has 2 fully saturated rings. The Labute approximate surface area is 145 Å². The fraction of sp³-hybridized carbons (Fsp3) is 0.556. The lowest BCUT2D eigenvalue weighted by molar-refractivity contribution is -0.133. The number of amides is 2. The van der Waals surface area contributed by atoms with Crippen molar-refractivity contribution in [1.82, 2.24) is 20.4 Å². The van der Waals surface area contributed by atoms with Crippen LogP contribution in [0.2, 0.25) is 0 Å². The molecule has 1 N–H and O–H groups in total. The van der Waals surface area contributed by atoms with Crippen molar-refractivity contribution in [3.63, 3.8) is 0 Å². The normalized spacial score (nSPS) is 20.7. The minimum absolute atomic E-state index is 0.0746. The molecule has 132 valence electrons. The van der Waals surface area contributed by atoms with Gasteiger partial charge in [-0.15, -0.1) is 0 Å². The monoisotopic (exact) mass is 342 g/mol. The van der Waals surface area contributed by atoms with E-state index in [1.807, 2.05) is 11.8 Å². The summed E-state index contributed by atoms with van der Waals surface area (Å²) in [6, 6.07) is 1.76.